The molecule has 0 aliphatic heterocycles. The lowest BCUT2D eigenvalue weighted by molar-refractivity contribution is 0.0697. The van der Waals surface area contributed by atoms with Crippen molar-refractivity contribution in [1.82, 2.24) is 20.0 Å². The monoisotopic (exact) mass is 342 g/mol. The van der Waals surface area contributed by atoms with Crippen LogP contribution in [0.5, 0.6) is 0 Å². The highest BCUT2D eigenvalue weighted by Crippen LogP contribution is 2.24. The molecule has 2 aromatic heterocycles. The molecule has 4 aromatic rings. The third-order valence-corrected chi connectivity index (χ3v) is 3.82. The Hall–Kier alpha value is -3.62. The van der Waals surface area contributed by atoms with Gasteiger partial charge < -0.3 is 5.11 Å². The molecule has 0 aliphatic rings. The van der Waals surface area contributed by atoms with Crippen LogP contribution in [0.2, 0.25) is 0 Å². The van der Waals surface area contributed by atoms with Crippen LogP contribution >= 0.6 is 0 Å². The molecular weight excluding hydrogens is 334 g/mol. The van der Waals surface area contributed by atoms with E-state index in [1.165, 1.54) is 24.3 Å². The van der Waals surface area contributed by atoms with Gasteiger partial charge in [-0.25, -0.2) is 18.3 Å². The second kappa shape index (κ2) is 5.20. The number of fused-ring (bicyclic) bond motifs is 3. The van der Waals surface area contributed by atoms with Crippen LogP contribution in [0.1, 0.15) is 10.4 Å². The van der Waals surface area contributed by atoms with Crippen molar-refractivity contribution >= 4 is 27.9 Å². The number of halogens is 2. The fourth-order valence-corrected chi connectivity index (χ4v) is 2.61. The maximum absolute atomic E-state index is 14.2. The molecule has 2 N–H and O–H groups in total. The number of aromatic carboxylic acids is 1. The van der Waals surface area contributed by atoms with E-state index in [0.717, 1.165) is 16.8 Å². The van der Waals surface area contributed by atoms with Crippen LogP contribution in [0.15, 0.2) is 41.2 Å². The minimum absolute atomic E-state index is 0.00862. The van der Waals surface area contributed by atoms with Gasteiger partial charge >= 0.3 is 5.97 Å². The van der Waals surface area contributed by atoms with E-state index in [4.69, 9.17) is 5.11 Å². The lowest BCUT2D eigenvalue weighted by Gasteiger charge is -2.02. The number of carboxylic acids is 1. The molecule has 0 atom stereocenters. The van der Waals surface area contributed by atoms with Crippen LogP contribution in [0.25, 0.3) is 27.6 Å². The van der Waals surface area contributed by atoms with Gasteiger partial charge in [-0.05, 0) is 36.4 Å². The zero-order valence-electron chi connectivity index (χ0n) is 12.3. The fourth-order valence-electron chi connectivity index (χ4n) is 2.61. The Kier molecular flexibility index (Phi) is 3.11. The van der Waals surface area contributed by atoms with Gasteiger partial charge in [0.15, 0.2) is 11.3 Å². The van der Waals surface area contributed by atoms with E-state index >= 15 is 0 Å². The molecule has 0 spiro atoms. The summed E-state index contributed by atoms with van der Waals surface area (Å²) in [5.41, 5.74) is -0.684. The number of carbonyl (C=O) groups is 1. The summed E-state index contributed by atoms with van der Waals surface area (Å²) in [6.07, 6.45) is 0. The van der Waals surface area contributed by atoms with Crippen molar-refractivity contribution in [2.45, 2.75) is 0 Å². The van der Waals surface area contributed by atoms with Crippen molar-refractivity contribution in [2.24, 2.45) is 0 Å². The van der Waals surface area contributed by atoms with Crippen LogP contribution in [-0.4, -0.2) is 31.1 Å². The SMILES string of the molecule is O=C(O)c1ccc(-n2[nH]c3c(nnc4c(F)ccc(F)c43)c2=O)cc1. The van der Waals surface area contributed by atoms with Gasteiger partial charge in [0.25, 0.3) is 5.56 Å². The Balaban J connectivity index is 2.02. The summed E-state index contributed by atoms with van der Waals surface area (Å²) in [6, 6.07) is 7.33. The number of nitrogens with zero attached hydrogens (tertiary/aromatic N) is 3. The fraction of sp³-hybridized carbons (Fsp3) is 0. The summed E-state index contributed by atoms with van der Waals surface area (Å²) in [4.78, 5) is 23.4. The third-order valence-electron chi connectivity index (χ3n) is 3.82. The molecule has 0 amide bonds. The summed E-state index contributed by atoms with van der Waals surface area (Å²) in [5.74, 6) is -2.61. The van der Waals surface area contributed by atoms with Crippen LogP contribution in [0.3, 0.4) is 0 Å². The summed E-state index contributed by atoms with van der Waals surface area (Å²) in [5, 5.41) is 18.7. The Morgan fingerprint density at radius 2 is 1.64 bits per heavy atom. The predicted octanol–water partition coefficient (Wildman–Crippen LogP) is 2.24. The maximum atomic E-state index is 14.2. The standard InChI is InChI=1S/C16H8F2N4O3/c17-9-5-6-10(18)12-11(9)13-14(20-19-12)15(23)22(21-13)8-3-1-7(2-4-8)16(24)25/h1-6,21H,(H,24,25). The first-order chi connectivity index (χ1) is 12.0. The molecule has 25 heavy (non-hydrogen) atoms. The van der Waals surface area contributed by atoms with Crippen LogP contribution in [0, 0.1) is 11.6 Å². The van der Waals surface area contributed by atoms with Crippen molar-refractivity contribution in [3.8, 4) is 5.69 Å². The lowest BCUT2D eigenvalue weighted by Crippen LogP contribution is -2.15. The van der Waals surface area contributed by atoms with Crippen molar-refractivity contribution < 1.29 is 18.7 Å². The predicted molar refractivity (Wildman–Crippen MR) is 83.9 cm³/mol. The van der Waals surface area contributed by atoms with E-state index in [2.05, 4.69) is 15.3 Å². The van der Waals surface area contributed by atoms with Gasteiger partial charge in [0, 0.05) is 0 Å². The van der Waals surface area contributed by atoms with E-state index in [1.54, 1.807) is 0 Å². The average molecular weight is 342 g/mol. The number of hydrogen-bond acceptors (Lipinski definition) is 4. The molecule has 4 rings (SSSR count). The van der Waals surface area contributed by atoms with Gasteiger partial charge in [0.05, 0.1) is 16.6 Å². The molecule has 0 unspecified atom stereocenters. The minimum Gasteiger partial charge on any atom is -0.478 e. The molecule has 0 saturated carbocycles. The number of aromatic nitrogens is 4. The maximum Gasteiger partial charge on any atom is 0.335 e. The van der Waals surface area contributed by atoms with Gasteiger partial charge in [-0.15, -0.1) is 10.2 Å². The number of hydrogen-bond donors (Lipinski definition) is 2. The molecule has 0 saturated heterocycles. The Morgan fingerprint density at radius 1 is 1.00 bits per heavy atom. The first kappa shape index (κ1) is 14.9. The highest BCUT2D eigenvalue weighted by atomic mass is 19.1. The molecule has 9 heteroatoms. The molecule has 2 aromatic carbocycles. The van der Waals surface area contributed by atoms with E-state index in [-0.39, 0.29) is 27.5 Å². The number of H-pyrrole nitrogens is 1. The van der Waals surface area contributed by atoms with Crippen molar-refractivity contribution in [2.75, 3.05) is 0 Å². The quantitative estimate of drug-likeness (QED) is 0.582. The van der Waals surface area contributed by atoms with Crippen molar-refractivity contribution in [3.63, 3.8) is 0 Å². The minimum atomic E-state index is -1.11. The lowest BCUT2D eigenvalue weighted by atomic mass is 10.2. The van der Waals surface area contributed by atoms with Gasteiger partial charge in [0.1, 0.15) is 16.9 Å². The van der Waals surface area contributed by atoms with Crippen LogP contribution in [-0.2, 0) is 0 Å². The smallest absolute Gasteiger partial charge is 0.335 e. The molecular formula is C16H8F2N4O3. The van der Waals surface area contributed by atoms with Gasteiger partial charge in [-0.2, -0.15) is 0 Å². The highest BCUT2D eigenvalue weighted by Gasteiger charge is 2.18. The number of rotatable bonds is 2. The second-order valence-electron chi connectivity index (χ2n) is 5.28. The molecule has 124 valence electrons. The molecule has 0 fully saturated rings. The first-order valence-electron chi connectivity index (χ1n) is 7.06. The Bertz CT molecular complexity index is 1210. The first-order valence-corrected chi connectivity index (χ1v) is 7.06. The van der Waals surface area contributed by atoms with E-state index in [1.807, 2.05) is 0 Å². The Morgan fingerprint density at radius 3 is 2.32 bits per heavy atom. The van der Waals surface area contributed by atoms with Crippen molar-refractivity contribution in [3.05, 3.63) is 63.9 Å². The van der Waals surface area contributed by atoms with Gasteiger partial charge in [-0.3, -0.25) is 9.89 Å². The largest absolute Gasteiger partial charge is 0.478 e. The molecule has 0 radical (unpaired) electrons. The summed E-state index contributed by atoms with van der Waals surface area (Å²) in [7, 11) is 0. The van der Waals surface area contributed by atoms with Crippen LogP contribution in [0.4, 0.5) is 8.78 Å². The number of carboxylic acid groups (broad SMARTS) is 1. The number of nitrogens with one attached hydrogen (secondary N) is 1. The zero-order chi connectivity index (χ0) is 17.7. The molecule has 7 nitrogen and oxygen atoms in total. The molecule has 0 aliphatic carbocycles. The zero-order valence-corrected chi connectivity index (χ0v) is 12.3. The molecule has 0 bridgehead atoms. The van der Waals surface area contributed by atoms with E-state index < -0.39 is 23.2 Å². The van der Waals surface area contributed by atoms with Crippen LogP contribution < -0.4 is 5.56 Å². The van der Waals surface area contributed by atoms with Gasteiger partial charge in [-0.1, -0.05) is 0 Å². The number of aromatic amines is 1. The molecule has 2 heterocycles. The normalized spacial score (nSPS) is 11.3. The van der Waals surface area contributed by atoms with E-state index in [0.29, 0.717) is 5.69 Å². The average Bonchev–Trinajstić information content (AvgIpc) is 2.95. The summed E-state index contributed by atoms with van der Waals surface area (Å²) < 4.78 is 29.0. The Labute approximate surface area is 137 Å². The summed E-state index contributed by atoms with van der Waals surface area (Å²) >= 11 is 0. The summed E-state index contributed by atoms with van der Waals surface area (Å²) in [6.45, 7) is 0. The number of benzene rings is 2. The topological polar surface area (TPSA) is 101 Å². The van der Waals surface area contributed by atoms with Gasteiger partial charge in [0.2, 0.25) is 0 Å². The third kappa shape index (κ3) is 2.17. The van der Waals surface area contributed by atoms with E-state index in [9.17, 15) is 18.4 Å². The second-order valence-corrected chi connectivity index (χ2v) is 5.28. The highest BCUT2D eigenvalue weighted by molar-refractivity contribution is 6.01. The van der Waals surface area contributed by atoms with Crippen molar-refractivity contribution in [1.29, 1.82) is 0 Å².